The minimum atomic E-state index is -0.0215. The smallest absolute Gasteiger partial charge is 0.273 e. The number of aromatic nitrogens is 1. The second kappa shape index (κ2) is 7.22. The van der Waals surface area contributed by atoms with Gasteiger partial charge in [-0.25, -0.2) is 0 Å². The van der Waals surface area contributed by atoms with Crippen LogP contribution in [0.1, 0.15) is 24.8 Å². The Balaban J connectivity index is 1.65. The van der Waals surface area contributed by atoms with Crippen LogP contribution in [0.15, 0.2) is 53.5 Å². The molecule has 0 atom stereocenters. The number of aryl methyl sites for hydroxylation is 2. The number of piperidine rings is 1. The van der Waals surface area contributed by atoms with Crippen molar-refractivity contribution in [1.82, 2.24) is 4.57 Å². The first-order chi connectivity index (χ1) is 11.6. The molecule has 1 fully saturated rings. The standard InChI is InChI=1S/C20H26N2O2/c1-21-13-5-8-18(19(21)24)22-14-11-20(16-23,12-15-22)10-9-17-6-3-2-4-7-17/h2-8,13,23H,9-12,14-16H2,1H3. The molecular formula is C20H26N2O2. The molecule has 4 heteroatoms. The highest BCUT2D eigenvalue weighted by Crippen LogP contribution is 2.36. The van der Waals surface area contributed by atoms with Crippen molar-refractivity contribution in [1.29, 1.82) is 0 Å². The van der Waals surface area contributed by atoms with Crippen molar-refractivity contribution in [2.75, 3.05) is 24.6 Å². The average Bonchev–Trinajstić information content (AvgIpc) is 2.64. The fourth-order valence-electron chi connectivity index (χ4n) is 3.59. The van der Waals surface area contributed by atoms with Crippen LogP contribution in [0.4, 0.5) is 5.69 Å². The predicted molar refractivity (Wildman–Crippen MR) is 97.4 cm³/mol. The van der Waals surface area contributed by atoms with Gasteiger partial charge in [-0.2, -0.15) is 0 Å². The first-order valence-corrected chi connectivity index (χ1v) is 8.69. The molecule has 1 aromatic heterocycles. The topological polar surface area (TPSA) is 45.5 Å². The Hall–Kier alpha value is -2.07. The molecule has 1 saturated heterocycles. The molecule has 1 aliphatic rings. The number of hydrogen-bond donors (Lipinski definition) is 1. The maximum atomic E-state index is 12.3. The van der Waals surface area contributed by atoms with Gasteiger partial charge in [-0.1, -0.05) is 30.3 Å². The summed E-state index contributed by atoms with van der Waals surface area (Å²) in [5.74, 6) is 0. The van der Waals surface area contributed by atoms with E-state index < -0.39 is 0 Å². The predicted octanol–water partition coefficient (Wildman–Crippen LogP) is 2.60. The maximum absolute atomic E-state index is 12.3. The van der Waals surface area contributed by atoms with Crippen molar-refractivity contribution in [3.8, 4) is 0 Å². The van der Waals surface area contributed by atoms with Crippen LogP contribution in [0.3, 0.4) is 0 Å². The van der Waals surface area contributed by atoms with E-state index in [1.54, 1.807) is 17.8 Å². The quantitative estimate of drug-likeness (QED) is 0.918. The van der Waals surface area contributed by atoms with Crippen molar-refractivity contribution in [3.05, 3.63) is 64.6 Å². The van der Waals surface area contributed by atoms with Crippen molar-refractivity contribution < 1.29 is 5.11 Å². The van der Waals surface area contributed by atoms with Crippen molar-refractivity contribution in [2.24, 2.45) is 12.5 Å². The number of aliphatic hydroxyl groups is 1. The van der Waals surface area contributed by atoms with E-state index in [4.69, 9.17) is 0 Å². The number of anilines is 1. The third-order valence-electron chi connectivity index (χ3n) is 5.39. The van der Waals surface area contributed by atoms with Gasteiger partial charge in [-0.05, 0) is 48.8 Å². The van der Waals surface area contributed by atoms with E-state index in [1.807, 2.05) is 18.2 Å². The van der Waals surface area contributed by atoms with Crippen LogP contribution in [-0.4, -0.2) is 29.4 Å². The summed E-state index contributed by atoms with van der Waals surface area (Å²) in [5.41, 5.74) is 2.13. The number of rotatable bonds is 5. The second-order valence-electron chi connectivity index (χ2n) is 6.94. The average molecular weight is 326 g/mol. The van der Waals surface area contributed by atoms with Gasteiger partial charge in [0.05, 0.1) is 0 Å². The Morgan fingerprint density at radius 2 is 1.79 bits per heavy atom. The summed E-state index contributed by atoms with van der Waals surface area (Å²) in [6, 6.07) is 14.3. The number of aliphatic hydroxyl groups excluding tert-OH is 1. The molecule has 128 valence electrons. The second-order valence-corrected chi connectivity index (χ2v) is 6.94. The highest BCUT2D eigenvalue weighted by atomic mass is 16.3. The fraction of sp³-hybridized carbons (Fsp3) is 0.450. The van der Waals surface area contributed by atoms with E-state index in [0.29, 0.717) is 0 Å². The lowest BCUT2D eigenvalue weighted by Crippen LogP contribution is -2.44. The molecule has 0 unspecified atom stereocenters. The molecule has 0 bridgehead atoms. The Morgan fingerprint density at radius 3 is 2.46 bits per heavy atom. The largest absolute Gasteiger partial charge is 0.396 e. The third kappa shape index (κ3) is 3.54. The number of benzene rings is 1. The van der Waals surface area contributed by atoms with Gasteiger partial charge in [0, 0.05) is 32.9 Å². The molecule has 1 N–H and O–H groups in total. The van der Waals surface area contributed by atoms with Gasteiger partial charge < -0.3 is 14.6 Å². The molecule has 1 aromatic carbocycles. The zero-order valence-corrected chi connectivity index (χ0v) is 14.3. The van der Waals surface area contributed by atoms with E-state index in [0.717, 1.165) is 44.5 Å². The normalized spacial score (nSPS) is 17.0. The minimum Gasteiger partial charge on any atom is -0.396 e. The summed E-state index contributed by atoms with van der Waals surface area (Å²) in [5, 5.41) is 9.99. The van der Waals surface area contributed by atoms with Crippen LogP contribution >= 0.6 is 0 Å². The van der Waals surface area contributed by atoms with Crippen LogP contribution in [-0.2, 0) is 13.5 Å². The van der Waals surface area contributed by atoms with Gasteiger partial charge in [0.2, 0.25) is 0 Å². The lowest BCUT2D eigenvalue weighted by atomic mass is 9.75. The Kier molecular flexibility index (Phi) is 5.05. The molecule has 0 spiro atoms. The molecule has 0 saturated carbocycles. The Morgan fingerprint density at radius 1 is 1.08 bits per heavy atom. The van der Waals surface area contributed by atoms with Gasteiger partial charge in [0.15, 0.2) is 0 Å². The van der Waals surface area contributed by atoms with E-state index in [2.05, 4.69) is 29.2 Å². The lowest BCUT2D eigenvalue weighted by Gasteiger charge is -2.41. The highest BCUT2D eigenvalue weighted by molar-refractivity contribution is 5.44. The van der Waals surface area contributed by atoms with E-state index in [-0.39, 0.29) is 17.6 Å². The SMILES string of the molecule is Cn1cccc(N2CCC(CO)(CCc3ccccc3)CC2)c1=O. The van der Waals surface area contributed by atoms with Gasteiger partial charge in [-0.15, -0.1) is 0 Å². The summed E-state index contributed by atoms with van der Waals surface area (Å²) in [4.78, 5) is 14.4. The molecule has 3 rings (SSSR count). The van der Waals surface area contributed by atoms with Gasteiger partial charge in [0.25, 0.3) is 5.56 Å². The Labute approximate surface area is 143 Å². The Bertz CT molecular complexity index is 716. The van der Waals surface area contributed by atoms with Crippen molar-refractivity contribution in [3.63, 3.8) is 0 Å². The van der Waals surface area contributed by atoms with E-state index in [1.165, 1.54) is 5.56 Å². The number of hydrogen-bond acceptors (Lipinski definition) is 3. The zero-order chi connectivity index (χ0) is 17.0. The van der Waals surface area contributed by atoms with Gasteiger partial charge in [0.1, 0.15) is 5.69 Å². The van der Waals surface area contributed by atoms with E-state index in [9.17, 15) is 9.90 Å². The minimum absolute atomic E-state index is 0.0215. The fourth-order valence-corrected chi connectivity index (χ4v) is 3.59. The number of pyridine rings is 1. The van der Waals surface area contributed by atoms with E-state index >= 15 is 0 Å². The van der Waals surface area contributed by atoms with Crippen molar-refractivity contribution in [2.45, 2.75) is 25.7 Å². The molecule has 0 aliphatic carbocycles. The van der Waals surface area contributed by atoms with Gasteiger partial charge >= 0.3 is 0 Å². The molecule has 2 aromatic rings. The van der Waals surface area contributed by atoms with Crippen LogP contribution < -0.4 is 10.5 Å². The first kappa shape index (κ1) is 16.8. The van der Waals surface area contributed by atoms with Crippen molar-refractivity contribution >= 4 is 5.69 Å². The molecule has 24 heavy (non-hydrogen) atoms. The van der Waals surface area contributed by atoms with Crippen LogP contribution in [0.25, 0.3) is 0 Å². The molecule has 2 heterocycles. The molecule has 1 aliphatic heterocycles. The van der Waals surface area contributed by atoms with Gasteiger partial charge in [-0.3, -0.25) is 4.79 Å². The summed E-state index contributed by atoms with van der Waals surface area (Å²) < 4.78 is 1.62. The third-order valence-corrected chi connectivity index (χ3v) is 5.39. The molecule has 4 nitrogen and oxygen atoms in total. The monoisotopic (exact) mass is 326 g/mol. The maximum Gasteiger partial charge on any atom is 0.273 e. The van der Waals surface area contributed by atoms with Crippen LogP contribution in [0, 0.1) is 5.41 Å². The lowest BCUT2D eigenvalue weighted by molar-refractivity contribution is 0.0874. The molecule has 0 amide bonds. The molecule has 0 radical (unpaired) electrons. The zero-order valence-electron chi connectivity index (χ0n) is 14.3. The highest BCUT2D eigenvalue weighted by Gasteiger charge is 2.34. The van der Waals surface area contributed by atoms with Crippen LogP contribution in [0.2, 0.25) is 0 Å². The van der Waals surface area contributed by atoms with Crippen LogP contribution in [0.5, 0.6) is 0 Å². The summed E-state index contributed by atoms with van der Waals surface area (Å²) in [6.45, 7) is 1.88. The molecular weight excluding hydrogens is 300 g/mol. The summed E-state index contributed by atoms with van der Waals surface area (Å²) in [7, 11) is 1.79. The summed E-state index contributed by atoms with van der Waals surface area (Å²) in [6.07, 6.45) is 5.62. The first-order valence-electron chi connectivity index (χ1n) is 8.69. The number of nitrogens with zero attached hydrogens (tertiary/aromatic N) is 2. The summed E-state index contributed by atoms with van der Waals surface area (Å²) >= 11 is 0.